The van der Waals surface area contributed by atoms with Crippen molar-refractivity contribution < 1.29 is 0 Å². The standard InChI is InChI=1S/C43H72/c1-37(2,3)30-26-25-28(27-31(30)38(4,5)6)23-22-24-29-32(39(7,8)9)34(41(13,14)15)36(43(19,20)21)35(42(16,17)18)33(29)40(10,11)12/h25-27H,22-24H2,1-21H3. The fraction of sp³-hybridized carbons (Fsp3) is 0.721. The summed E-state index contributed by atoms with van der Waals surface area (Å²) in [5.41, 5.74) is 14.6. The van der Waals surface area contributed by atoms with Crippen LogP contribution in [0.1, 0.15) is 202 Å². The Morgan fingerprint density at radius 1 is 0.349 bits per heavy atom. The fourth-order valence-corrected chi connectivity index (χ4v) is 7.45. The van der Waals surface area contributed by atoms with E-state index in [-0.39, 0.29) is 37.9 Å². The van der Waals surface area contributed by atoms with Gasteiger partial charge >= 0.3 is 0 Å². The maximum Gasteiger partial charge on any atom is -0.0126 e. The average Bonchev–Trinajstić information content (AvgIpc) is 2.72. The van der Waals surface area contributed by atoms with Crippen LogP contribution in [0.3, 0.4) is 0 Å². The highest BCUT2D eigenvalue weighted by molar-refractivity contribution is 5.62. The minimum atomic E-state index is 0.0424. The average molecular weight is 589 g/mol. The molecule has 0 amide bonds. The zero-order valence-corrected chi connectivity index (χ0v) is 32.9. The predicted octanol–water partition coefficient (Wildman–Crippen LogP) is 12.9. The monoisotopic (exact) mass is 589 g/mol. The van der Waals surface area contributed by atoms with Gasteiger partial charge in [-0.1, -0.05) is 164 Å². The first-order valence-corrected chi connectivity index (χ1v) is 17.2. The zero-order valence-electron chi connectivity index (χ0n) is 32.9. The predicted molar refractivity (Wildman–Crippen MR) is 196 cm³/mol. The second kappa shape index (κ2) is 11.7. The van der Waals surface area contributed by atoms with Crippen LogP contribution in [-0.4, -0.2) is 0 Å². The summed E-state index contributed by atoms with van der Waals surface area (Å²) in [7, 11) is 0. The van der Waals surface area contributed by atoms with Crippen LogP contribution in [0.25, 0.3) is 0 Å². The van der Waals surface area contributed by atoms with Crippen LogP contribution in [0.15, 0.2) is 18.2 Å². The highest BCUT2D eigenvalue weighted by atomic mass is 14.5. The highest BCUT2D eigenvalue weighted by Crippen LogP contribution is 2.51. The summed E-state index contributed by atoms with van der Waals surface area (Å²) in [6.07, 6.45) is 3.38. The first-order chi connectivity index (χ1) is 18.8. The molecule has 0 fully saturated rings. The Kier molecular flexibility index (Phi) is 10.2. The highest BCUT2D eigenvalue weighted by Gasteiger charge is 2.42. The van der Waals surface area contributed by atoms with Crippen LogP contribution >= 0.6 is 0 Å². The maximum atomic E-state index is 2.53. The van der Waals surface area contributed by atoms with Crippen LogP contribution in [-0.2, 0) is 50.7 Å². The maximum absolute atomic E-state index is 2.53. The molecule has 0 aliphatic heterocycles. The van der Waals surface area contributed by atoms with E-state index < -0.39 is 0 Å². The molecule has 0 aromatic heterocycles. The van der Waals surface area contributed by atoms with Crippen LogP contribution in [0.4, 0.5) is 0 Å². The van der Waals surface area contributed by atoms with Gasteiger partial charge in [0.2, 0.25) is 0 Å². The first-order valence-electron chi connectivity index (χ1n) is 17.2. The summed E-state index contributed by atoms with van der Waals surface area (Å²) in [4.78, 5) is 0. The molecule has 0 unspecified atom stereocenters. The van der Waals surface area contributed by atoms with Gasteiger partial charge in [-0.15, -0.1) is 0 Å². The van der Waals surface area contributed by atoms with Crippen LogP contribution in [0.2, 0.25) is 0 Å². The number of aryl methyl sites for hydroxylation is 1. The third-order valence-electron chi connectivity index (χ3n) is 8.95. The van der Waals surface area contributed by atoms with Gasteiger partial charge in [-0.2, -0.15) is 0 Å². The molecule has 0 bridgehead atoms. The Morgan fingerprint density at radius 2 is 0.674 bits per heavy atom. The quantitative estimate of drug-likeness (QED) is 0.333. The second-order valence-electron chi connectivity index (χ2n) is 20.8. The van der Waals surface area contributed by atoms with Gasteiger partial charge in [-0.25, -0.2) is 0 Å². The minimum absolute atomic E-state index is 0.0424. The molecule has 0 spiro atoms. The Labute approximate surface area is 270 Å². The topological polar surface area (TPSA) is 0 Å². The van der Waals surface area contributed by atoms with Crippen LogP contribution < -0.4 is 0 Å². The smallest absolute Gasteiger partial charge is 0.0126 e. The number of rotatable bonds is 4. The number of hydrogen-bond acceptors (Lipinski definition) is 0. The van der Waals surface area contributed by atoms with Gasteiger partial charge in [0.25, 0.3) is 0 Å². The number of benzene rings is 2. The van der Waals surface area contributed by atoms with Gasteiger partial charge in [0.05, 0.1) is 0 Å². The Hall–Kier alpha value is -1.56. The van der Waals surface area contributed by atoms with Crippen LogP contribution in [0.5, 0.6) is 0 Å². The van der Waals surface area contributed by atoms with E-state index in [2.05, 4.69) is 164 Å². The lowest BCUT2D eigenvalue weighted by Gasteiger charge is -2.46. The third kappa shape index (κ3) is 8.58. The minimum Gasteiger partial charge on any atom is -0.0587 e. The molecule has 0 N–H and O–H groups in total. The summed E-state index contributed by atoms with van der Waals surface area (Å²) in [6, 6.07) is 7.36. The Bertz CT molecular complexity index is 1220. The van der Waals surface area contributed by atoms with Gasteiger partial charge in [0.15, 0.2) is 0 Å². The lowest BCUT2D eigenvalue weighted by Crippen LogP contribution is -2.37. The normalized spacial score (nSPS) is 14.4. The van der Waals surface area contributed by atoms with Crippen molar-refractivity contribution in [3.63, 3.8) is 0 Å². The SMILES string of the molecule is CC(C)(C)c1ccc(CCCc2c(C(C)(C)C)c(C(C)(C)C)c(C(C)(C)C)c(C(C)(C)C)c2C(C)(C)C)cc1C(C)(C)C. The van der Waals surface area contributed by atoms with E-state index in [0.717, 1.165) is 19.3 Å². The molecule has 0 aliphatic rings. The molecule has 0 aliphatic carbocycles. The molecule has 2 aromatic rings. The van der Waals surface area contributed by atoms with Crippen molar-refractivity contribution in [3.8, 4) is 0 Å². The Balaban J connectivity index is 2.95. The number of hydrogen-bond donors (Lipinski definition) is 0. The van der Waals surface area contributed by atoms with E-state index in [1.165, 1.54) is 16.7 Å². The molecule has 43 heavy (non-hydrogen) atoms. The summed E-state index contributed by atoms with van der Waals surface area (Å²) in [5, 5.41) is 0. The van der Waals surface area contributed by atoms with E-state index in [1.807, 2.05) is 0 Å². The summed E-state index contributed by atoms with van der Waals surface area (Å²) in [6.45, 7) is 50.9. The second-order valence-corrected chi connectivity index (χ2v) is 20.8. The van der Waals surface area contributed by atoms with Gasteiger partial charge in [0, 0.05) is 0 Å². The van der Waals surface area contributed by atoms with Crippen molar-refractivity contribution in [1.82, 2.24) is 0 Å². The van der Waals surface area contributed by atoms with E-state index in [4.69, 9.17) is 0 Å². The van der Waals surface area contributed by atoms with E-state index in [0.29, 0.717) is 0 Å². The Morgan fingerprint density at radius 3 is 0.977 bits per heavy atom. The van der Waals surface area contributed by atoms with Gasteiger partial charge in [-0.05, 0) is 107 Å². The molecule has 0 atom stereocenters. The van der Waals surface area contributed by atoms with Crippen LogP contribution in [0, 0.1) is 0 Å². The largest absolute Gasteiger partial charge is 0.0587 e. The summed E-state index contributed by atoms with van der Waals surface area (Å²) < 4.78 is 0. The van der Waals surface area contributed by atoms with Crippen molar-refractivity contribution >= 4 is 0 Å². The van der Waals surface area contributed by atoms with Crippen molar-refractivity contribution in [3.05, 3.63) is 68.3 Å². The lowest BCUT2D eigenvalue weighted by molar-refractivity contribution is 0.453. The molecule has 0 radical (unpaired) electrons. The van der Waals surface area contributed by atoms with E-state index >= 15 is 0 Å². The molecule has 0 saturated heterocycles. The van der Waals surface area contributed by atoms with Crippen molar-refractivity contribution in [1.29, 1.82) is 0 Å². The summed E-state index contributed by atoms with van der Waals surface area (Å²) in [5.74, 6) is 0. The fourth-order valence-electron chi connectivity index (χ4n) is 7.45. The molecular weight excluding hydrogens is 516 g/mol. The molecular formula is C43H72. The molecule has 0 heterocycles. The van der Waals surface area contributed by atoms with E-state index in [1.54, 1.807) is 33.4 Å². The molecule has 0 saturated carbocycles. The molecule has 0 nitrogen and oxygen atoms in total. The molecule has 2 aromatic carbocycles. The van der Waals surface area contributed by atoms with Gasteiger partial charge in [-0.3, -0.25) is 0 Å². The molecule has 0 heteroatoms. The van der Waals surface area contributed by atoms with Crippen molar-refractivity contribution in [2.45, 2.75) is 203 Å². The summed E-state index contributed by atoms with van der Waals surface area (Å²) >= 11 is 0. The van der Waals surface area contributed by atoms with Gasteiger partial charge in [0.1, 0.15) is 0 Å². The first kappa shape index (κ1) is 37.6. The van der Waals surface area contributed by atoms with Crippen molar-refractivity contribution in [2.75, 3.05) is 0 Å². The molecule has 2 rings (SSSR count). The van der Waals surface area contributed by atoms with Crippen molar-refractivity contribution in [2.24, 2.45) is 0 Å². The third-order valence-corrected chi connectivity index (χ3v) is 8.95. The zero-order chi connectivity index (χ0) is 33.9. The molecule has 244 valence electrons. The van der Waals surface area contributed by atoms with Gasteiger partial charge < -0.3 is 0 Å². The lowest BCUT2D eigenvalue weighted by atomic mass is 9.58. The van der Waals surface area contributed by atoms with E-state index in [9.17, 15) is 0 Å².